The Bertz CT molecular complexity index is 1050. The first-order valence-electron chi connectivity index (χ1n) is 9.71. The minimum Gasteiger partial charge on any atom is -0.400 e. The monoisotopic (exact) mass is 393 g/mol. The molecule has 8 heteroatoms. The van der Waals surface area contributed by atoms with E-state index in [9.17, 15) is 0 Å². The van der Waals surface area contributed by atoms with Crippen molar-refractivity contribution in [3.8, 4) is 11.4 Å². The number of anilines is 1. The molecule has 1 fully saturated rings. The van der Waals surface area contributed by atoms with Gasteiger partial charge >= 0.3 is 0 Å². The summed E-state index contributed by atoms with van der Waals surface area (Å²) in [7, 11) is 1.76. The van der Waals surface area contributed by atoms with Crippen molar-refractivity contribution < 1.29 is 4.74 Å². The van der Waals surface area contributed by atoms with Crippen LogP contribution in [-0.2, 0) is 4.74 Å². The summed E-state index contributed by atoms with van der Waals surface area (Å²) in [6.45, 7) is 6.06. The predicted molar refractivity (Wildman–Crippen MR) is 116 cm³/mol. The van der Waals surface area contributed by atoms with Crippen LogP contribution in [0.25, 0.3) is 28.0 Å². The Morgan fingerprint density at radius 2 is 2.14 bits per heavy atom. The highest BCUT2D eigenvalue weighted by Crippen LogP contribution is 2.30. The highest BCUT2D eigenvalue weighted by Gasteiger charge is 2.23. The zero-order valence-corrected chi connectivity index (χ0v) is 17.0. The average Bonchev–Trinajstić information content (AvgIpc) is 3.16. The number of fused-ring (bicyclic) bond motifs is 1. The van der Waals surface area contributed by atoms with E-state index in [1.807, 2.05) is 43.5 Å². The molecule has 1 aromatic carbocycles. The summed E-state index contributed by atoms with van der Waals surface area (Å²) in [6.07, 6.45) is 1.92. The van der Waals surface area contributed by atoms with Crippen LogP contribution in [0.15, 0.2) is 42.2 Å². The number of hydrogen-bond acceptors (Lipinski definition) is 7. The number of morpholine rings is 1. The lowest BCUT2D eigenvalue weighted by atomic mass is 10.1. The number of allylic oxidation sites excluding steroid dienone is 1. The maximum absolute atomic E-state index is 6.15. The van der Waals surface area contributed by atoms with Crippen molar-refractivity contribution in [1.82, 2.24) is 20.0 Å². The molecule has 1 saturated heterocycles. The molecule has 5 N–H and O–H groups in total. The molecule has 152 valence electrons. The van der Waals surface area contributed by atoms with Crippen LogP contribution in [0.4, 0.5) is 5.82 Å². The maximum Gasteiger partial charge on any atom is 0.162 e. The van der Waals surface area contributed by atoms with Crippen molar-refractivity contribution in [3.05, 3.63) is 47.9 Å². The first-order valence-corrected chi connectivity index (χ1v) is 9.71. The molecular weight excluding hydrogens is 366 g/mol. The van der Waals surface area contributed by atoms with Gasteiger partial charge in [-0.1, -0.05) is 12.1 Å². The summed E-state index contributed by atoms with van der Waals surface area (Å²) < 4.78 is 5.60. The minimum absolute atomic E-state index is 0.212. The van der Waals surface area contributed by atoms with Gasteiger partial charge in [0, 0.05) is 48.0 Å². The SMILES string of the molecule is C/C(N)=C(\c1cc(N2CCOCC2C)nc(-c2cccc3[nH]ccc23)n1)N(C)N. The van der Waals surface area contributed by atoms with E-state index >= 15 is 0 Å². The van der Waals surface area contributed by atoms with E-state index in [-0.39, 0.29) is 6.04 Å². The second-order valence-electron chi connectivity index (χ2n) is 7.44. The molecular formula is C21H27N7O. The summed E-state index contributed by atoms with van der Waals surface area (Å²) >= 11 is 0. The van der Waals surface area contributed by atoms with Gasteiger partial charge in [0.15, 0.2) is 5.82 Å². The molecule has 0 spiro atoms. The fourth-order valence-electron chi connectivity index (χ4n) is 3.83. The molecule has 1 atom stereocenters. The van der Waals surface area contributed by atoms with Crippen molar-refractivity contribution in [1.29, 1.82) is 0 Å². The summed E-state index contributed by atoms with van der Waals surface area (Å²) in [6, 6.07) is 10.3. The summed E-state index contributed by atoms with van der Waals surface area (Å²) in [5.74, 6) is 7.57. The van der Waals surface area contributed by atoms with E-state index in [0.29, 0.717) is 36.1 Å². The lowest BCUT2D eigenvalue weighted by Crippen LogP contribution is -2.44. The van der Waals surface area contributed by atoms with Gasteiger partial charge in [-0.25, -0.2) is 15.8 Å². The fourth-order valence-corrected chi connectivity index (χ4v) is 3.83. The zero-order valence-electron chi connectivity index (χ0n) is 17.0. The number of nitrogens with zero attached hydrogens (tertiary/aromatic N) is 4. The van der Waals surface area contributed by atoms with E-state index in [2.05, 4.69) is 16.8 Å². The van der Waals surface area contributed by atoms with Gasteiger partial charge < -0.3 is 25.4 Å². The molecule has 3 heterocycles. The molecule has 1 aliphatic heterocycles. The quantitative estimate of drug-likeness (QED) is 0.461. The topological polar surface area (TPSA) is 109 Å². The van der Waals surface area contributed by atoms with Gasteiger partial charge in [0.1, 0.15) is 5.82 Å². The molecule has 8 nitrogen and oxygen atoms in total. The number of nitrogens with two attached hydrogens (primary N) is 2. The molecule has 0 aliphatic carbocycles. The van der Waals surface area contributed by atoms with E-state index in [0.717, 1.165) is 28.8 Å². The minimum atomic E-state index is 0.212. The first-order chi connectivity index (χ1) is 14.0. The highest BCUT2D eigenvalue weighted by atomic mass is 16.5. The number of nitrogens with one attached hydrogen (secondary N) is 1. The molecule has 1 unspecified atom stereocenters. The maximum atomic E-state index is 6.15. The van der Waals surface area contributed by atoms with Gasteiger partial charge in [0.05, 0.1) is 30.6 Å². The van der Waals surface area contributed by atoms with Crippen molar-refractivity contribution >= 4 is 22.4 Å². The third kappa shape index (κ3) is 3.64. The van der Waals surface area contributed by atoms with Crippen molar-refractivity contribution in [2.75, 3.05) is 31.7 Å². The van der Waals surface area contributed by atoms with Crippen LogP contribution in [0.5, 0.6) is 0 Å². The second-order valence-corrected chi connectivity index (χ2v) is 7.44. The molecule has 1 aliphatic rings. The van der Waals surface area contributed by atoms with Gasteiger partial charge in [-0.15, -0.1) is 0 Å². The Morgan fingerprint density at radius 1 is 1.31 bits per heavy atom. The van der Waals surface area contributed by atoms with Gasteiger partial charge in [-0.3, -0.25) is 0 Å². The normalized spacial score (nSPS) is 18.1. The number of ether oxygens (including phenoxy) is 1. The van der Waals surface area contributed by atoms with Crippen molar-refractivity contribution in [3.63, 3.8) is 0 Å². The number of benzene rings is 1. The predicted octanol–water partition coefficient (Wildman–Crippen LogP) is 2.30. The van der Waals surface area contributed by atoms with Gasteiger partial charge in [0.2, 0.25) is 0 Å². The lowest BCUT2D eigenvalue weighted by Gasteiger charge is -2.34. The van der Waals surface area contributed by atoms with Gasteiger partial charge in [0.25, 0.3) is 0 Å². The van der Waals surface area contributed by atoms with Crippen LogP contribution in [0.3, 0.4) is 0 Å². The van der Waals surface area contributed by atoms with E-state index in [1.54, 1.807) is 7.05 Å². The highest BCUT2D eigenvalue weighted by molar-refractivity contribution is 5.93. The Morgan fingerprint density at radius 3 is 2.86 bits per heavy atom. The van der Waals surface area contributed by atoms with Gasteiger partial charge in [-0.05, 0) is 26.0 Å². The molecule has 4 rings (SSSR count). The van der Waals surface area contributed by atoms with E-state index in [4.69, 9.17) is 26.3 Å². The molecule has 3 aromatic rings. The molecule has 29 heavy (non-hydrogen) atoms. The lowest BCUT2D eigenvalue weighted by molar-refractivity contribution is 0.0985. The van der Waals surface area contributed by atoms with Gasteiger partial charge in [-0.2, -0.15) is 0 Å². The number of rotatable bonds is 4. The Kier molecular flexibility index (Phi) is 5.12. The van der Waals surface area contributed by atoms with E-state index in [1.165, 1.54) is 5.01 Å². The summed E-state index contributed by atoms with van der Waals surface area (Å²) in [5.41, 5.74) is 10.1. The Balaban J connectivity index is 1.93. The molecule has 0 bridgehead atoms. The Hall–Kier alpha value is -3.10. The van der Waals surface area contributed by atoms with Crippen LogP contribution in [0.1, 0.15) is 19.5 Å². The number of hydrogen-bond donors (Lipinski definition) is 3. The largest absolute Gasteiger partial charge is 0.400 e. The first kappa shape index (κ1) is 19.2. The third-order valence-corrected chi connectivity index (χ3v) is 5.18. The number of H-pyrrole nitrogens is 1. The fraction of sp³-hybridized carbons (Fsp3) is 0.333. The van der Waals surface area contributed by atoms with Crippen molar-refractivity contribution in [2.45, 2.75) is 19.9 Å². The average molecular weight is 393 g/mol. The number of hydrazine groups is 1. The van der Waals surface area contributed by atoms with Crippen LogP contribution >= 0.6 is 0 Å². The molecule has 0 radical (unpaired) electrons. The van der Waals surface area contributed by atoms with Crippen LogP contribution in [0, 0.1) is 0 Å². The molecule has 2 aromatic heterocycles. The standard InChI is InChI=1S/C21H27N7O/c1-13-12-29-10-9-28(13)19-11-18(20(14(2)22)27(3)23)25-21(26-19)16-5-4-6-17-15(16)7-8-24-17/h4-8,11,13,24H,9-10,12,22-23H2,1-3H3/b20-14-. The Labute approximate surface area is 170 Å². The van der Waals surface area contributed by atoms with Crippen LogP contribution < -0.4 is 16.5 Å². The second kappa shape index (κ2) is 7.73. The smallest absolute Gasteiger partial charge is 0.162 e. The van der Waals surface area contributed by atoms with E-state index < -0.39 is 0 Å². The van der Waals surface area contributed by atoms with Crippen LogP contribution in [-0.4, -0.2) is 52.8 Å². The number of aromatic amines is 1. The van der Waals surface area contributed by atoms with Crippen molar-refractivity contribution in [2.24, 2.45) is 11.6 Å². The molecule has 0 amide bonds. The van der Waals surface area contributed by atoms with Crippen LogP contribution in [0.2, 0.25) is 0 Å². The molecule has 0 saturated carbocycles. The summed E-state index contributed by atoms with van der Waals surface area (Å²) in [4.78, 5) is 15.3. The zero-order chi connectivity index (χ0) is 20.5. The third-order valence-electron chi connectivity index (χ3n) is 5.18. The number of aromatic nitrogens is 3. The summed E-state index contributed by atoms with van der Waals surface area (Å²) in [5, 5.41) is 2.58.